The fourth-order valence-corrected chi connectivity index (χ4v) is 10.0. The van der Waals surface area contributed by atoms with E-state index in [0.717, 1.165) is 33.2 Å². The van der Waals surface area contributed by atoms with Crippen LogP contribution in [0.15, 0.2) is 170 Å². The van der Waals surface area contributed by atoms with Crippen LogP contribution in [-0.2, 0) is 0 Å². The summed E-state index contributed by atoms with van der Waals surface area (Å²) in [6.45, 7) is 0. The van der Waals surface area contributed by atoms with Crippen molar-refractivity contribution in [1.82, 2.24) is 18.9 Å². The van der Waals surface area contributed by atoms with Crippen LogP contribution in [0, 0.1) is 0 Å². The van der Waals surface area contributed by atoms with Crippen LogP contribution in [0.2, 0.25) is 0 Å². The third-order valence-electron chi connectivity index (χ3n) is 10.9. The SMILES string of the molecule is c1ccc(-c2nc(-n3c4ccccc4c4cc(-c5sc6c(c5-c5ccccc5)c5cccc7c8ccccc8n6c75)ccc43)nc3ccccc23)cc1. The second-order valence-electron chi connectivity index (χ2n) is 13.7. The van der Waals surface area contributed by atoms with Gasteiger partial charge in [-0.1, -0.05) is 140 Å². The van der Waals surface area contributed by atoms with E-state index in [1.54, 1.807) is 0 Å². The molecule has 0 spiro atoms. The Morgan fingerprint density at radius 1 is 0.434 bits per heavy atom. The molecule has 4 nitrogen and oxygen atoms in total. The van der Waals surface area contributed by atoms with Gasteiger partial charge in [0.25, 0.3) is 0 Å². The quantitative estimate of drug-likeness (QED) is 0.184. The van der Waals surface area contributed by atoms with Gasteiger partial charge in [0, 0.05) is 53.7 Å². The van der Waals surface area contributed by atoms with Gasteiger partial charge in [0.2, 0.25) is 5.95 Å². The lowest BCUT2D eigenvalue weighted by Gasteiger charge is -2.12. The van der Waals surface area contributed by atoms with E-state index in [2.05, 4.69) is 173 Å². The van der Waals surface area contributed by atoms with E-state index in [9.17, 15) is 0 Å². The zero-order valence-electron chi connectivity index (χ0n) is 28.4. The van der Waals surface area contributed by atoms with Crippen LogP contribution < -0.4 is 0 Å². The third-order valence-corrected chi connectivity index (χ3v) is 12.1. The minimum absolute atomic E-state index is 0.668. The molecular formula is C48H28N4S. The number of nitrogens with zero attached hydrogens (tertiary/aromatic N) is 4. The number of thiophene rings is 1. The van der Waals surface area contributed by atoms with Crippen molar-refractivity contribution in [2.45, 2.75) is 0 Å². The standard InChI is InChI=1S/C48H28N4S/c1-3-14-29(15-4-1)42-43-36-22-13-21-34-32-18-8-12-25-40(32)52(45(34)36)47(43)53-46(42)31-26-27-41-37(28-31)33-19-9-11-24-39(33)51(41)48-49-38-23-10-7-20-35(38)44(50-48)30-16-5-2-6-17-30/h1-28H. The van der Waals surface area contributed by atoms with Crippen molar-refractivity contribution in [3.05, 3.63) is 170 Å². The fraction of sp³-hybridized carbons (Fsp3) is 0. The molecule has 0 bridgehead atoms. The molecule has 7 aromatic carbocycles. The molecular weight excluding hydrogens is 665 g/mol. The molecule has 0 fully saturated rings. The van der Waals surface area contributed by atoms with Crippen LogP contribution in [0.25, 0.3) is 109 Å². The summed E-state index contributed by atoms with van der Waals surface area (Å²) in [6.07, 6.45) is 0. The molecule has 0 amide bonds. The Kier molecular flexibility index (Phi) is 5.90. The summed E-state index contributed by atoms with van der Waals surface area (Å²) >= 11 is 1.90. The summed E-state index contributed by atoms with van der Waals surface area (Å²) in [5.74, 6) is 0.668. The molecule has 0 radical (unpaired) electrons. The minimum atomic E-state index is 0.668. The molecule has 246 valence electrons. The average Bonchev–Trinajstić information content (AvgIpc) is 3.96. The van der Waals surface area contributed by atoms with Gasteiger partial charge >= 0.3 is 0 Å². The Labute approximate surface area is 307 Å². The van der Waals surface area contributed by atoms with Crippen LogP contribution in [-0.4, -0.2) is 18.9 Å². The molecule has 0 atom stereocenters. The molecule has 0 saturated heterocycles. The van der Waals surface area contributed by atoms with E-state index < -0.39 is 0 Å². The number of fused-ring (bicyclic) bond motifs is 10. The molecule has 5 aromatic heterocycles. The van der Waals surface area contributed by atoms with Gasteiger partial charge < -0.3 is 0 Å². The largest absolute Gasteiger partial charge is 0.299 e. The lowest BCUT2D eigenvalue weighted by Crippen LogP contribution is -2.03. The Bertz CT molecular complexity index is 3390. The molecule has 0 aliphatic heterocycles. The zero-order chi connectivity index (χ0) is 34.6. The smallest absolute Gasteiger partial charge is 0.235 e. The van der Waals surface area contributed by atoms with E-state index in [1.807, 2.05) is 17.4 Å². The van der Waals surface area contributed by atoms with Gasteiger partial charge in [-0.05, 0) is 41.5 Å². The Morgan fingerprint density at radius 3 is 1.87 bits per heavy atom. The molecule has 0 aliphatic carbocycles. The van der Waals surface area contributed by atoms with E-state index in [-0.39, 0.29) is 0 Å². The predicted octanol–water partition coefficient (Wildman–Crippen LogP) is 12.9. The molecule has 0 aliphatic rings. The first-order valence-corrected chi connectivity index (χ1v) is 18.7. The summed E-state index contributed by atoms with van der Waals surface area (Å²) in [5.41, 5.74) is 11.4. The highest BCUT2D eigenvalue weighted by Gasteiger charge is 2.26. The van der Waals surface area contributed by atoms with Crippen LogP contribution in [0.4, 0.5) is 0 Å². The predicted molar refractivity (Wildman–Crippen MR) is 223 cm³/mol. The van der Waals surface area contributed by atoms with Crippen molar-refractivity contribution in [2.24, 2.45) is 0 Å². The lowest BCUT2D eigenvalue weighted by atomic mass is 9.97. The van der Waals surface area contributed by atoms with Crippen molar-refractivity contribution in [3.63, 3.8) is 0 Å². The monoisotopic (exact) mass is 692 g/mol. The average molecular weight is 693 g/mol. The summed E-state index contributed by atoms with van der Waals surface area (Å²) in [6, 6.07) is 60.8. The summed E-state index contributed by atoms with van der Waals surface area (Å²) in [4.78, 5) is 13.0. The highest BCUT2D eigenvalue weighted by Crippen LogP contribution is 2.51. The normalized spacial score (nSPS) is 12.2. The number of hydrogen-bond acceptors (Lipinski definition) is 3. The van der Waals surface area contributed by atoms with Gasteiger partial charge in [-0.3, -0.25) is 8.97 Å². The maximum atomic E-state index is 5.29. The van der Waals surface area contributed by atoms with Gasteiger partial charge in [0.05, 0.1) is 33.3 Å². The second kappa shape index (κ2) is 10.8. The lowest BCUT2D eigenvalue weighted by molar-refractivity contribution is 1.01. The highest BCUT2D eigenvalue weighted by molar-refractivity contribution is 7.23. The van der Waals surface area contributed by atoms with Gasteiger partial charge in [0.1, 0.15) is 4.83 Å². The maximum Gasteiger partial charge on any atom is 0.235 e. The number of aromatic nitrogens is 4. The van der Waals surface area contributed by atoms with Crippen molar-refractivity contribution < 1.29 is 0 Å². The summed E-state index contributed by atoms with van der Waals surface area (Å²) < 4.78 is 4.74. The first-order valence-electron chi connectivity index (χ1n) is 17.9. The molecule has 0 unspecified atom stereocenters. The highest BCUT2D eigenvalue weighted by atomic mass is 32.1. The Hall–Kier alpha value is -6.82. The van der Waals surface area contributed by atoms with Crippen LogP contribution >= 0.6 is 11.3 Å². The Morgan fingerprint density at radius 2 is 1.06 bits per heavy atom. The van der Waals surface area contributed by atoms with Crippen LogP contribution in [0.5, 0.6) is 0 Å². The number of rotatable bonds is 4. The van der Waals surface area contributed by atoms with E-state index in [0.29, 0.717) is 5.95 Å². The first-order chi connectivity index (χ1) is 26.3. The van der Waals surface area contributed by atoms with E-state index in [4.69, 9.17) is 9.97 Å². The van der Waals surface area contributed by atoms with Gasteiger partial charge in [-0.2, -0.15) is 0 Å². The van der Waals surface area contributed by atoms with Gasteiger partial charge in [0.15, 0.2) is 0 Å². The number of hydrogen-bond donors (Lipinski definition) is 0. The Balaban J connectivity index is 1.15. The number of benzene rings is 7. The topological polar surface area (TPSA) is 35.1 Å². The maximum absolute atomic E-state index is 5.29. The third kappa shape index (κ3) is 4.00. The molecule has 5 heteroatoms. The fourth-order valence-electron chi connectivity index (χ4n) is 8.65. The molecule has 12 aromatic rings. The second-order valence-corrected chi connectivity index (χ2v) is 14.7. The van der Waals surface area contributed by atoms with Gasteiger partial charge in [-0.15, -0.1) is 11.3 Å². The van der Waals surface area contributed by atoms with Crippen LogP contribution in [0.1, 0.15) is 0 Å². The number of para-hydroxylation sites is 4. The molecule has 0 saturated carbocycles. The van der Waals surface area contributed by atoms with Crippen molar-refractivity contribution >= 4 is 81.5 Å². The van der Waals surface area contributed by atoms with Crippen LogP contribution in [0.3, 0.4) is 0 Å². The molecule has 0 N–H and O–H groups in total. The minimum Gasteiger partial charge on any atom is -0.299 e. The summed E-state index contributed by atoms with van der Waals surface area (Å²) in [7, 11) is 0. The van der Waals surface area contributed by atoms with Crippen molar-refractivity contribution in [2.75, 3.05) is 0 Å². The van der Waals surface area contributed by atoms with Crippen molar-refractivity contribution in [3.8, 4) is 38.8 Å². The van der Waals surface area contributed by atoms with E-state index >= 15 is 0 Å². The van der Waals surface area contributed by atoms with Crippen molar-refractivity contribution in [1.29, 1.82) is 0 Å². The molecule has 5 heterocycles. The summed E-state index contributed by atoms with van der Waals surface area (Å²) in [5, 5.41) is 8.63. The first kappa shape index (κ1) is 28.8. The zero-order valence-corrected chi connectivity index (χ0v) is 29.2. The molecule has 53 heavy (non-hydrogen) atoms. The molecule has 12 rings (SSSR count). The van der Waals surface area contributed by atoms with Gasteiger partial charge in [-0.25, -0.2) is 9.97 Å². The van der Waals surface area contributed by atoms with E-state index in [1.165, 1.54) is 69.7 Å².